The number of rotatable bonds is 7. The number of pyridine rings is 2. The van der Waals surface area contributed by atoms with Crippen molar-refractivity contribution in [3.8, 4) is 0 Å². The molecule has 0 atom stereocenters. The molecule has 1 aliphatic rings. The normalized spacial score (nSPS) is 14.2. The zero-order chi connectivity index (χ0) is 22.3. The number of hydrogen-bond donors (Lipinski definition) is 2. The molecule has 0 aliphatic carbocycles. The number of nitrogens with one attached hydrogen (secondary N) is 2. The first kappa shape index (κ1) is 21.8. The van der Waals surface area contributed by atoms with Gasteiger partial charge in [0.1, 0.15) is 5.82 Å². The van der Waals surface area contributed by atoms with E-state index in [-0.39, 0.29) is 5.91 Å². The second kappa shape index (κ2) is 10.3. The highest BCUT2D eigenvalue weighted by Crippen LogP contribution is 2.28. The first-order valence-corrected chi connectivity index (χ1v) is 11.4. The number of piperidine rings is 1. The number of nitrogens with zero attached hydrogens (tertiary/aromatic N) is 3. The van der Waals surface area contributed by atoms with Crippen molar-refractivity contribution in [2.24, 2.45) is 5.92 Å². The van der Waals surface area contributed by atoms with E-state index in [0.29, 0.717) is 11.3 Å². The van der Waals surface area contributed by atoms with Crippen molar-refractivity contribution in [3.63, 3.8) is 0 Å². The van der Waals surface area contributed by atoms with E-state index in [9.17, 15) is 4.79 Å². The van der Waals surface area contributed by atoms with Crippen LogP contribution in [0.4, 0.5) is 17.2 Å². The zero-order valence-electron chi connectivity index (χ0n) is 18.8. The van der Waals surface area contributed by atoms with E-state index in [4.69, 9.17) is 0 Å². The summed E-state index contributed by atoms with van der Waals surface area (Å²) >= 11 is 0. The third kappa shape index (κ3) is 5.63. The van der Waals surface area contributed by atoms with Crippen LogP contribution in [-0.2, 0) is 6.42 Å². The molecule has 32 heavy (non-hydrogen) atoms. The summed E-state index contributed by atoms with van der Waals surface area (Å²) in [6, 6.07) is 15.7. The van der Waals surface area contributed by atoms with Crippen molar-refractivity contribution in [1.82, 2.24) is 9.97 Å². The third-order valence-corrected chi connectivity index (χ3v) is 5.96. The Morgan fingerprint density at radius 2 is 1.94 bits per heavy atom. The van der Waals surface area contributed by atoms with Crippen LogP contribution in [0.2, 0.25) is 0 Å². The Morgan fingerprint density at radius 3 is 2.66 bits per heavy atom. The van der Waals surface area contributed by atoms with Gasteiger partial charge in [-0.25, -0.2) is 4.98 Å². The molecule has 1 amide bonds. The van der Waals surface area contributed by atoms with E-state index < -0.39 is 0 Å². The van der Waals surface area contributed by atoms with E-state index in [1.54, 1.807) is 12.4 Å². The Morgan fingerprint density at radius 1 is 1.09 bits per heavy atom. The molecule has 1 aliphatic heterocycles. The average molecular weight is 430 g/mol. The van der Waals surface area contributed by atoms with Gasteiger partial charge in [-0.05, 0) is 67.6 Å². The summed E-state index contributed by atoms with van der Waals surface area (Å²) in [6.45, 7) is 7.10. The zero-order valence-corrected chi connectivity index (χ0v) is 18.8. The van der Waals surface area contributed by atoms with Crippen molar-refractivity contribution in [2.75, 3.05) is 35.2 Å². The van der Waals surface area contributed by atoms with Crippen LogP contribution in [0.15, 0.2) is 60.9 Å². The lowest BCUT2D eigenvalue weighted by Crippen LogP contribution is -2.34. The summed E-state index contributed by atoms with van der Waals surface area (Å²) in [6.07, 6.45) is 6.64. The van der Waals surface area contributed by atoms with E-state index in [0.717, 1.165) is 67.6 Å². The van der Waals surface area contributed by atoms with Gasteiger partial charge in [0.05, 0.1) is 17.4 Å². The summed E-state index contributed by atoms with van der Waals surface area (Å²) < 4.78 is 0. The fourth-order valence-electron chi connectivity index (χ4n) is 3.98. The van der Waals surface area contributed by atoms with E-state index in [2.05, 4.69) is 45.4 Å². The van der Waals surface area contributed by atoms with Crippen LogP contribution in [0.3, 0.4) is 0 Å². The molecule has 1 saturated heterocycles. The molecule has 0 unspecified atom stereocenters. The summed E-state index contributed by atoms with van der Waals surface area (Å²) in [4.78, 5) is 24.2. The summed E-state index contributed by atoms with van der Waals surface area (Å²) in [5.74, 6) is 1.42. The fraction of sp³-hybridized carbons (Fsp3) is 0.346. The SMILES string of the molecule is Cc1ccc(C(=O)Nc2ccc(NCCc3ccccn3)nc2)c(N2CCC(C)CC2)c1. The minimum atomic E-state index is -0.101. The molecule has 1 aromatic carbocycles. The van der Waals surface area contributed by atoms with Gasteiger partial charge in [-0.1, -0.05) is 19.1 Å². The molecule has 1 fully saturated rings. The number of aryl methyl sites for hydroxylation is 1. The minimum absolute atomic E-state index is 0.101. The van der Waals surface area contributed by atoms with E-state index >= 15 is 0 Å². The maximum absolute atomic E-state index is 13.1. The number of benzene rings is 1. The van der Waals surface area contributed by atoms with Crippen molar-refractivity contribution in [2.45, 2.75) is 33.1 Å². The first-order valence-electron chi connectivity index (χ1n) is 11.4. The van der Waals surface area contributed by atoms with Gasteiger partial charge >= 0.3 is 0 Å². The predicted molar refractivity (Wildman–Crippen MR) is 130 cm³/mol. The lowest BCUT2D eigenvalue weighted by Gasteiger charge is -2.33. The average Bonchev–Trinajstić information content (AvgIpc) is 2.81. The first-order chi connectivity index (χ1) is 15.6. The van der Waals surface area contributed by atoms with Gasteiger partial charge in [-0.3, -0.25) is 9.78 Å². The molecule has 2 aromatic heterocycles. The van der Waals surface area contributed by atoms with Crippen LogP contribution in [0.1, 0.15) is 41.4 Å². The molecule has 166 valence electrons. The molecule has 6 heteroatoms. The van der Waals surface area contributed by atoms with Crippen LogP contribution >= 0.6 is 0 Å². The highest BCUT2D eigenvalue weighted by atomic mass is 16.1. The largest absolute Gasteiger partial charge is 0.371 e. The second-order valence-electron chi connectivity index (χ2n) is 8.57. The molecule has 4 rings (SSSR count). The quantitative estimate of drug-likeness (QED) is 0.557. The lowest BCUT2D eigenvalue weighted by atomic mass is 9.97. The topological polar surface area (TPSA) is 70.1 Å². The van der Waals surface area contributed by atoms with Crippen LogP contribution in [-0.4, -0.2) is 35.5 Å². The van der Waals surface area contributed by atoms with Gasteiger partial charge in [-0.15, -0.1) is 0 Å². The molecule has 0 radical (unpaired) electrons. The van der Waals surface area contributed by atoms with Gasteiger partial charge in [-0.2, -0.15) is 0 Å². The molecule has 0 spiro atoms. The Bertz CT molecular complexity index is 1030. The molecule has 3 heterocycles. The van der Waals surface area contributed by atoms with E-state index in [1.807, 2.05) is 42.5 Å². The van der Waals surface area contributed by atoms with Crippen molar-refractivity contribution in [1.29, 1.82) is 0 Å². The molecular formula is C26H31N5O. The Hall–Kier alpha value is -3.41. The van der Waals surface area contributed by atoms with Gasteiger partial charge in [0, 0.05) is 43.6 Å². The number of carbonyl (C=O) groups excluding carboxylic acids is 1. The third-order valence-electron chi connectivity index (χ3n) is 5.96. The Balaban J connectivity index is 1.37. The Labute approximate surface area is 190 Å². The summed E-state index contributed by atoms with van der Waals surface area (Å²) in [5.41, 5.74) is 4.63. The van der Waals surface area contributed by atoms with Gasteiger partial charge in [0.15, 0.2) is 0 Å². The highest BCUT2D eigenvalue weighted by molar-refractivity contribution is 6.08. The van der Waals surface area contributed by atoms with Crippen molar-refractivity contribution < 1.29 is 4.79 Å². The number of carbonyl (C=O) groups is 1. The maximum Gasteiger partial charge on any atom is 0.257 e. The molecule has 2 N–H and O–H groups in total. The molecule has 0 saturated carbocycles. The lowest BCUT2D eigenvalue weighted by molar-refractivity contribution is 0.102. The molecular weight excluding hydrogens is 398 g/mol. The fourth-order valence-corrected chi connectivity index (χ4v) is 3.98. The van der Waals surface area contributed by atoms with Gasteiger partial charge in [0.25, 0.3) is 5.91 Å². The van der Waals surface area contributed by atoms with Crippen molar-refractivity contribution >= 4 is 23.1 Å². The monoisotopic (exact) mass is 429 g/mol. The highest BCUT2D eigenvalue weighted by Gasteiger charge is 2.21. The van der Waals surface area contributed by atoms with Crippen LogP contribution in [0.25, 0.3) is 0 Å². The van der Waals surface area contributed by atoms with Crippen LogP contribution < -0.4 is 15.5 Å². The molecule has 6 nitrogen and oxygen atoms in total. The van der Waals surface area contributed by atoms with Gasteiger partial charge < -0.3 is 15.5 Å². The number of aromatic nitrogens is 2. The van der Waals surface area contributed by atoms with E-state index in [1.165, 1.54) is 0 Å². The van der Waals surface area contributed by atoms with Crippen LogP contribution in [0.5, 0.6) is 0 Å². The second-order valence-corrected chi connectivity index (χ2v) is 8.57. The molecule has 0 bridgehead atoms. The summed E-state index contributed by atoms with van der Waals surface area (Å²) in [7, 11) is 0. The Kier molecular flexibility index (Phi) is 7.00. The van der Waals surface area contributed by atoms with Crippen LogP contribution in [0, 0.1) is 12.8 Å². The number of amides is 1. The minimum Gasteiger partial charge on any atom is -0.371 e. The standard InChI is InChI=1S/C26H31N5O/c1-19-11-15-31(16-12-19)24-17-20(2)6-8-23(24)26(32)30-22-7-9-25(29-18-22)28-14-10-21-5-3-4-13-27-21/h3-9,13,17-19H,10-12,14-16H2,1-2H3,(H,28,29)(H,30,32). The smallest absolute Gasteiger partial charge is 0.257 e. The number of hydrogen-bond acceptors (Lipinski definition) is 5. The van der Waals surface area contributed by atoms with Gasteiger partial charge in [0.2, 0.25) is 0 Å². The van der Waals surface area contributed by atoms with Crippen molar-refractivity contribution in [3.05, 3.63) is 77.7 Å². The summed E-state index contributed by atoms with van der Waals surface area (Å²) in [5, 5.41) is 6.31. The predicted octanol–water partition coefficient (Wildman–Crippen LogP) is 4.93. The molecule has 3 aromatic rings. The maximum atomic E-state index is 13.1. The number of anilines is 3.